The first kappa shape index (κ1) is 19.3. The Bertz CT molecular complexity index is 936. The molecule has 0 bridgehead atoms. The van der Waals surface area contributed by atoms with Crippen LogP contribution in [-0.4, -0.2) is 11.8 Å². The van der Waals surface area contributed by atoms with E-state index in [0.29, 0.717) is 17.1 Å². The van der Waals surface area contributed by atoms with Gasteiger partial charge in [0.25, 0.3) is 0 Å². The molecule has 0 N–H and O–H groups in total. The maximum Gasteiger partial charge on any atom is 0.306 e. The van der Waals surface area contributed by atoms with Gasteiger partial charge in [-0.1, -0.05) is 36.4 Å². The molecule has 0 heterocycles. The van der Waals surface area contributed by atoms with E-state index in [2.05, 4.69) is 0 Å². The molecular formula is C23H19FO4. The molecule has 0 aliphatic heterocycles. The van der Waals surface area contributed by atoms with Crippen molar-refractivity contribution in [2.24, 2.45) is 0 Å². The van der Waals surface area contributed by atoms with Crippen LogP contribution in [0.25, 0.3) is 0 Å². The minimum atomic E-state index is -0.482. The zero-order valence-electron chi connectivity index (χ0n) is 15.1. The topological polar surface area (TPSA) is 52.6 Å². The van der Waals surface area contributed by atoms with Crippen LogP contribution in [0.2, 0.25) is 0 Å². The van der Waals surface area contributed by atoms with E-state index in [1.165, 1.54) is 24.3 Å². The monoisotopic (exact) mass is 378 g/mol. The number of rotatable bonds is 8. The summed E-state index contributed by atoms with van der Waals surface area (Å²) in [5, 5.41) is 0. The predicted octanol–water partition coefficient (Wildman–Crippen LogP) is 5.32. The number of hydrogen-bond acceptors (Lipinski definition) is 4. The van der Waals surface area contributed by atoms with Gasteiger partial charge in [0, 0.05) is 17.5 Å². The largest absolute Gasteiger partial charge is 0.461 e. The van der Waals surface area contributed by atoms with E-state index >= 15 is 0 Å². The van der Waals surface area contributed by atoms with Crippen LogP contribution in [0.1, 0.15) is 28.8 Å². The van der Waals surface area contributed by atoms with Crippen LogP contribution in [0.4, 0.5) is 4.39 Å². The van der Waals surface area contributed by atoms with Gasteiger partial charge >= 0.3 is 5.97 Å². The van der Waals surface area contributed by atoms with Crippen LogP contribution in [0.3, 0.4) is 0 Å². The molecule has 3 aromatic rings. The summed E-state index contributed by atoms with van der Waals surface area (Å²) in [4.78, 5) is 24.0. The molecule has 0 atom stereocenters. The van der Waals surface area contributed by atoms with Crippen molar-refractivity contribution in [2.75, 3.05) is 0 Å². The molecule has 3 rings (SSSR count). The Hall–Kier alpha value is -3.47. The molecule has 142 valence electrons. The zero-order valence-corrected chi connectivity index (χ0v) is 15.1. The third-order valence-corrected chi connectivity index (χ3v) is 4.05. The maximum atomic E-state index is 12.9. The molecule has 28 heavy (non-hydrogen) atoms. The van der Waals surface area contributed by atoms with Gasteiger partial charge < -0.3 is 9.47 Å². The fraction of sp³-hybridized carbons (Fsp3) is 0.130. The van der Waals surface area contributed by atoms with E-state index in [1.807, 2.05) is 48.5 Å². The SMILES string of the molecule is O=C(CCC(=O)c1ccc(F)cc1)OCc1ccccc1Oc1ccccc1. The van der Waals surface area contributed by atoms with Gasteiger partial charge in [0.05, 0.1) is 6.42 Å². The molecule has 0 aliphatic rings. The number of benzene rings is 3. The Morgan fingerprint density at radius 3 is 2.21 bits per heavy atom. The molecule has 0 spiro atoms. The van der Waals surface area contributed by atoms with Crippen LogP contribution in [0, 0.1) is 5.82 Å². The van der Waals surface area contributed by atoms with Crippen LogP contribution >= 0.6 is 0 Å². The Morgan fingerprint density at radius 1 is 0.786 bits per heavy atom. The molecule has 3 aromatic carbocycles. The fourth-order valence-corrected chi connectivity index (χ4v) is 2.56. The second-order valence-electron chi connectivity index (χ2n) is 6.11. The Morgan fingerprint density at radius 2 is 1.46 bits per heavy atom. The molecule has 0 aliphatic carbocycles. The Balaban J connectivity index is 1.52. The van der Waals surface area contributed by atoms with Crippen LogP contribution in [-0.2, 0) is 16.1 Å². The molecule has 0 amide bonds. The number of halogens is 1. The van der Waals surface area contributed by atoms with Gasteiger partial charge in [0.2, 0.25) is 0 Å². The minimum Gasteiger partial charge on any atom is -0.461 e. The number of esters is 1. The molecular weight excluding hydrogens is 359 g/mol. The van der Waals surface area contributed by atoms with Gasteiger partial charge in [0.1, 0.15) is 23.9 Å². The van der Waals surface area contributed by atoms with E-state index < -0.39 is 11.8 Å². The van der Waals surface area contributed by atoms with Crippen molar-refractivity contribution >= 4 is 11.8 Å². The number of Topliss-reactive ketones (excluding diaryl/α,β-unsaturated/α-hetero) is 1. The molecule has 5 heteroatoms. The van der Waals surface area contributed by atoms with E-state index in [1.54, 1.807) is 6.07 Å². The predicted molar refractivity (Wildman–Crippen MR) is 103 cm³/mol. The lowest BCUT2D eigenvalue weighted by atomic mass is 10.1. The molecule has 0 saturated carbocycles. The summed E-state index contributed by atoms with van der Waals surface area (Å²) in [5.41, 5.74) is 1.10. The highest BCUT2D eigenvalue weighted by Gasteiger charge is 2.12. The lowest BCUT2D eigenvalue weighted by Gasteiger charge is -2.11. The van der Waals surface area contributed by atoms with E-state index in [9.17, 15) is 14.0 Å². The average molecular weight is 378 g/mol. The Kier molecular flexibility index (Phi) is 6.52. The van der Waals surface area contributed by atoms with Crippen molar-refractivity contribution in [3.05, 3.63) is 95.8 Å². The van der Waals surface area contributed by atoms with Gasteiger partial charge in [-0.25, -0.2) is 4.39 Å². The first-order valence-electron chi connectivity index (χ1n) is 8.87. The maximum absolute atomic E-state index is 12.9. The third kappa shape index (κ3) is 5.51. The zero-order chi connectivity index (χ0) is 19.8. The lowest BCUT2D eigenvalue weighted by Crippen LogP contribution is -2.08. The number of para-hydroxylation sites is 2. The first-order valence-corrected chi connectivity index (χ1v) is 8.87. The lowest BCUT2D eigenvalue weighted by molar-refractivity contribution is -0.144. The van der Waals surface area contributed by atoms with Crippen molar-refractivity contribution in [3.63, 3.8) is 0 Å². The van der Waals surface area contributed by atoms with E-state index in [-0.39, 0.29) is 25.2 Å². The summed E-state index contributed by atoms with van der Waals surface area (Å²) in [6.07, 6.45) is -0.0372. The fourth-order valence-electron chi connectivity index (χ4n) is 2.56. The van der Waals surface area contributed by atoms with Crippen LogP contribution < -0.4 is 4.74 Å². The van der Waals surface area contributed by atoms with Crippen molar-refractivity contribution in [1.29, 1.82) is 0 Å². The van der Waals surface area contributed by atoms with Gasteiger partial charge in [-0.3, -0.25) is 9.59 Å². The van der Waals surface area contributed by atoms with Crippen LogP contribution in [0.5, 0.6) is 11.5 Å². The standard InChI is InChI=1S/C23H19FO4/c24-19-12-10-17(11-13-19)21(25)14-15-23(26)27-16-18-6-4-5-9-22(18)28-20-7-2-1-3-8-20/h1-13H,14-16H2. The summed E-state index contributed by atoms with van der Waals surface area (Å²) in [7, 11) is 0. The number of ether oxygens (including phenoxy) is 2. The van der Waals surface area contributed by atoms with Crippen molar-refractivity contribution in [3.8, 4) is 11.5 Å². The highest BCUT2D eigenvalue weighted by atomic mass is 19.1. The second kappa shape index (κ2) is 9.46. The third-order valence-electron chi connectivity index (χ3n) is 4.05. The summed E-state index contributed by atoms with van der Waals surface area (Å²) in [6, 6.07) is 21.8. The molecule has 0 fully saturated rings. The second-order valence-corrected chi connectivity index (χ2v) is 6.11. The average Bonchev–Trinajstić information content (AvgIpc) is 2.72. The quantitative estimate of drug-likeness (QED) is 0.393. The summed E-state index contributed by atoms with van der Waals surface area (Å²) in [6.45, 7) is 0.0482. The number of carbonyl (C=O) groups is 2. The van der Waals surface area contributed by atoms with E-state index in [4.69, 9.17) is 9.47 Å². The molecule has 0 aromatic heterocycles. The summed E-state index contributed by atoms with van der Waals surface area (Å²) >= 11 is 0. The molecule has 0 radical (unpaired) electrons. The normalized spacial score (nSPS) is 10.3. The molecule has 4 nitrogen and oxygen atoms in total. The van der Waals surface area contributed by atoms with Crippen LogP contribution in [0.15, 0.2) is 78.9 Å². The molecule has 0 unspecified atom stereocenters. The van der Waals surface area contributed by atoms with Gasteiger partial charge in [-0.2, -0.15) is 0 Å². The van der Waals surface area contributed by atoms with Crippen molar-refractivity contribution < 1.29 is 23.5 Å². The number of hydrogen-bond donors (Lipinski definition) is 0. The minimum absolute atomic E-state index is 0.00658. The Labute approximate surface area is 162 Å². The van der Waals surface area contributed by atoms with Crippen molar-refractivity contribution in [2.45, 2.75) is 19.4 Å². The highest BCUT2D eigenvalue weighted by Crippen LogP contribution is 2.25. The van der Waals surface area contributed by atoms with Gasteiger partial charge in [0.15, 0.2) is 5.78 Å². The summed E-state index contributed by atoms with van der Waals surface area (Å²) < 4.78 is 24.0. The van der Waals surface area contributed by atoms with E-state index in [0.717, 1.165) is 5.56 Å². The smallest absolute Gasteiger partial charge is 0.306 e. The summed E-state index contributed by atoms with van der Waals surface area (Å²) in [5.74, 6) is 0.164. The van der Waals surface area contributed by atoms with Crippen molar-refractivity contribution in [1.82, 2.24) is 0 Å². The van der Waals surface area contributed by atoms with Gasteiger partial charge in [-0.15, -0.1) is 0 Å². The number of ketones is 1. The number of carbonyl (C=O) groups excluding carboxylic acids is 2. The van der Waals surface area contributed by atoms with Gasteiger partial charge in [-0.05, 0) is 42.5 Å². The highest BCUT2D eigenvalue weighted by molar-refractivity contribution is 5.97. The molecule has 0 saturated heterocycles. The first-order chi connectivity index (χ1) is 13.6.